The quantitative estimate of drug-likeness (QED) is 0.604. The molecule has 1 atom stereocenters. The number of thioether (sulfide) groups is 1. The molecule has 4 heteroatoms. The van der Waals surface area contributed by atoms with Crippen molar-refractivity contribution in [3.8, 4) is 0 Å². The third-order valence-electron chi connectivity index (χ3n) is 2.39. The van der Waals surface area contributed by atoms with Crippen LogP contribution in [0.3, 0.4) is 0 Å². The van der Waals surface area contributed by atoms with E-state index in [1.54, 1.807) is 11.8 Å². The molecule has 76 valence electrons. The Balaban J connectivity index is 1.82. The maximum atomic E-state index is 5.98. The number of nitrogens with two attached hydrogens (primary N) is 1. The van der Waals surface area contributed by atoms with Gasteiger partial charge in [0.25, 0.3) is 0 Å². The fourth-order valence-corrected chi connectivity index (χ4v) is 2.15. The lowest BCUT2D eigenvalue weighted by Crippen LogP contribution is -2.25. The van der Waals surface area contributed by atoms with Crippen molar-refractivity contribution in [1.29, 1.82) is 0 Å². The SMILES string of the molecule is Cc1cnc(SCC(N)C2CC2)nc1. The number of hydrogen-bond donors (Lipinski definition) is 1. The molecule has 0 amide bonds. The second kappa shape index (κ2) is 4.28. The number of aromatic nitrogens is 2. The lowest BCUT2D eigenvalue weighted by molar-refractivity contribution is 0.658. The Morgan fingerprint density at radius 3 is 2.71 bits per heavy atom. The van der Waals surface area contributed by atoms with E-state index in [0.29, 0.717) is 6.04 Å². The first-order valence-electron chi connectivity index (χ1n) is 4.93. The highest BCUT2D eigenvalue weighted by molar-refractivity contribution is 7.99. The maximum Gasteiger partial charge on any atom is 0.187 e. The van der Waals surface area contributed by atoms with Crippen LogP contribution >= 0.6 is 11.8 Å². The smallest absolute Gasteiger partial charge is 0.187 e. The molecule has 3 nitrogen and oxygen atoms in total. The fraction of sp³-hybridized carbons (Fsp3) is 0.600. The highest BCUT2D eigenvalue weighted by atomic mass is 32.2. The summed E-state index contributed by atoms with van der Waals surface area (Å²) in [6, 6.07) is 0.324. The van der Waals surface area contributed by atoms with Gasteiger partial charge in [-0.1, -0.05) is 11.8 Å². The van der Waals surface area contributed by atoms with Gasteiger partial charge in [0, 0.05) is 24.2 Å². The van der Waals surface area contributed by atoms with Crippen molar-refractivity contribution in [2.24, 2.45) is 11.7 Å². The van der Waals surface area contributed by atoms with Gasteiger partial charge in [0.05, 0.1) is 0 Å². The molecule has 1 unspecified atom stereocenters. The van der Waals surface area contributed by atoms with Gasteiger partial charge in [-0.25, -0.2) is 9.97 Å². The minimum atomic E-state index is 0.324. The maximum absolute atomic E-state index is 5.98. The highest BCUT2D eigenvalue weighted by Crippen LogP contribution is 2.33. The van der Waals surface area contributed by atoms with E-state index in [2.05, 4.69) is 9.97 Å². The average Bonchev–Trinajstić information content (AvgIpc) is 3.00. The van der Waals surface area contributed by atoms with Gasteiger partial charge in [-0.2, -0.15) is 0 Å². The van der Waals surface area contributed by atoms with Crippen molar-refractivity contribution in [3.05, 3.63) is 18.0 Å². The van der Waals surface area contributed by atoms with E-state index in [1.807, 2.05) is 19.3 Å². The molecule has 1 aliphatic rings. The Labute approximate surface area is 88.5 Å². The summed E-state index contributed by atoms with van der Waals surface area (Å²) in [6.07, 6.45) is 6.29. The summed E-state index contributed by atoms with van der Waals surface area (Å²) in [6.45, 7) is 1.99. The summed E-state index contributed by atoms with van der Waals surface area (Å²) in [7, 11) is 0. The molecule has 1 aromatic rings. The van der Waals surface area contributed by atoms with Gasteiger partial charge in [-0.15, -0.1) is 0 Å². The van der Waals surface area contributed by atoms with Crippen molar-refractivity contribution >= 4 is 11.8 Å². The number of hydrogen-bond acceptors (Lipinski definition) is 4. The Morgan fingerprint density at radius 2 is 2.14 bits per heavy atom. The largest absolute Gasteiger partial charge is 0.327 e. The summed E-state index contributed by atoms with van der Waals surface area (Å²) in [5.74, 6) is 1.70. The average molecular weight is 209 g/mol. The first-order chi connectivity index (χ1) is 6.75. The van der Waals surface area contributed by atoms with E-state index in [9.17, 15) is 0 Å². The zero-order valence-electron chi connectivity index (χ0n) is 8.31. The molecule has 0 radical (unpaired) electrons. The van der Waals surface area contributed by atoms with E-state index < -0.39 is 0 Å². The molecular formula is C10H15N3S. The molecule has 0 spiro atoms. The molecule has 0 bridgehead atoms. The zero-order chi connectivity index (χ0) is 9.97. The second-order valence-electron chi connectivity index (χ2n) is 3.86. The topological polar surface area (TPSA) is 51.8 Å². The third kappa shape index (κ3) is 2.69. The summed E-state index contributed by atoms with van der Waals surface area (Å²) in [5, 5.41) is 0.840. The standard InChI is InChI=1S/C10H15N3S/c1-7-4-12-10(13-5-7)14-6-9(11)8-2-3-8/h4-5,8-9H,2-3,6,11H2,1H3. The molecule has 0 aromatic carbocycles. The zero-order valence-corrected chi connectivity index (χ0v) is 9.13. The Kier molecular flexibility index (Phi) is 3.03. The minimum absolute atomic E-state index is 0.324. The van der Waals surface area contributed by atoms with Gasteiger partial charge < -0.3 is 5.73 Å². The van der Waals surface area contributed by atoms with Crippen LogP contribution in [0, 0.1) is 12.8 Å². The van der Waals surface area contributed by atoms with Crippen LogP contribution in [0.4, 0.5) is 0 Å². The monoisotopic (exact) mass is 209 g/mol. The van der Waals surface area contributed by atoms with Crippen LogP contribution in [0.5, 0.6) is 0 Å². The van der Waals surface area contributed by atoms with Crippen LogP contribution in [0.1, 0.15) is 18.4 Å². The van der Waals surface area contributed by atoms with Crippen LogP contribution in [-0.4, -0.2) is 21.8 Å². The molecule has 1 aliphatic carbocycles. The summed E-state index contributed by atoms with van der Waals surface area (Å²) >= 11 is 1.66. The molecule has 2 rings (SSSR count). The van der Waals surface area contributed by atoms with Crippen LogP contribution in [0.15, 0.2) is 17.6 Å². The van der Waals surface area contributed by atoms with Gasteiger partial charge in [0.1, 0.15) is 0 Å². The third-order valence-corrected chi connectivity index (χ3v) is 3.41. The molecule has 1 aromatic heterocycles. The lowest BCUT2D eigenvalue weighted by atomic mass is 10.2. The van der Waals surface area contributed by atoms with E-state index in [4.69, 9.17) is 5.73 Å². The van der Waals surface area contributed by atoms with Crippen molar-refractivity contribution in [2.75, 3.05) is 5.75 Å². The molecular weight excluding hydrogens is 194 g/mol. The predicted octanol–water partition coefficient (Wildman–Crippen LogP) is 1.61. The number of nitrogens with zero attached hydrogens (tertiary/aromatic N) is 2. The molecule has 0 aliphatic heterocycles. The van der Waals surface area contributed by atoms with Gasteiger partial charge in [-0.3, -0.25) is 0 Å². The molecule has 14 heavy (non-hydrogen) atoms. The fourth-order valence-electron chi connectivity index (χ4n) is 1.29. The van der Waals surface area contributed by atoms with Crippen molar-refractivity contribution < 1.29 is 0 Å². The molecule has 2 N–H and O–H groups in total. The molecule has 1 fully saturated rings. The summed E-state index contributed by atoms with van der Waals surface area (Å²) in [4.78, 5) is 8.45. The van der Waals surface area contributed by atoms with Crippen LogP contribution < -0.4 is 5.73 Å². The Bertz CT molecular complexity index is 295. The first kappa shape index (κ1) is 9.93. The molecule has 1 heterocycles. The van der Waals surface area contributed by atoms with Gasteiger partial charge in [0.15, 0.2) is 5.16 Å². The van der Waals surface area contributed by atoms with Crippen LogP contribution in [0.25, 0.3) is 0 Å². The minimum Gasteiger partial charge on any atom is -0.327 e. The first-order valence-corrected chi connectivity index (χ1v) is 5.91. The number of aryl methyl sites for hydroxylation is 1. The van der Waals surface area contributed by atoms with Gasteiger partial charge in [0.2, 0.25) is 0 Å². The van der Waals surface area contributed by atoms with E-state index in [-0.39, 0.29) is 0 Å². The predicted molar refractivity (Wildman–Crippen MR) is 58.2 cm³/mol. The Morgan fingerprint density at radius 1 is 1.50 bits per heavy atom. The van der Waals surface area contributed by atoms with E-state index >= 15 is 0 Å². The van der Waals surface area contributed by atoms with Crippen molar-refractivity contribution in [2.45, 2.75) is 31.0 Å². The van der Waals surface area contributed by atoms with Crippen molar-refractivity contribution in [3.63, 3.8) is 0 Å². The molecule has 0 saturated heterocycles. The number of rotatable bonds is 4. The normalized spacial score (nSPS) is 18.1. The highest BCUT2D eigenvalue weighted by Gasteiger charge is 2.28. The van der Waals surface area contributed by atoms with Crippen LogP contribution in [0.2, 0.25) is 0 Å². The second-order valence-corrected chi connectivity index (χ2v) is 4.84. The Hall–Kier alpha value is -0.610. The summed E-state index contributed by atoms with van der Waals surface area (Å²) in [5.41, 5.74) is 7.08. The van der Waals surface area contributed by atoms with Gasteiger partial charge >= 0.3 is 0 Å². The van der Waals surface area contributed by atoms with Crippen LogP contribution in [-0.2, 0) is 0 Å². The van der Waals surface area contributed by atoms with E-state index in [0.717, 1.165) is 22.4 Å². The van der Waals surface area contributed by atoms with E-state index in [1.165, 1.54) is 12.8 Å². The lowest BCUT2D eigenvalue weighted by Gasteiger charge is -2.07. The summed E-state index contributed by atoms with van der Waals surface area (Å²) < 4.78 is 0. The van der Waals surface area contributed by atoms with Crippen molar-refractivity contribution in [1.82, 2.24) is 9.97 Å². The van der Waals surface area contributed by atoms with Gasteiger partial charge in [-0.05, 0) is 31.2 Å². The molecule has 1 saturated carbocycles.